The van der Waals surface area contributed by atoms with Crippen molar-refractivity contribution in [3.63, 3.8) is 0 Å². The minimum absolute atomic E-state index is 0.261. The highest BCUT2D eigenvalue weighted by molar-refractivity contribution is 8.00. The topological polar surface area (TPSA) is 139 Å². The van der Waals surface area contributed by atoms with E-state index in [0.717, 1.165) is 35.7 Å². The SMILES string of the molecule is CCc1c(C#N)c(SC(C(N)=O)c2ccc(C)cc2)nc(N2CCC(NCC(C)(C)O)CC2)c1C#N. The highest BCUT2D eigenvalue weighted by Gasteiger charge is 2.29. The number of nitrogens with zero attached hydrogens (tertiary/aromatic N) is 4. The second-order valence-electron chi connectivity index (χ2n) is 9.81. The molecule has 1 saturated heterocycles. The number of primary amides is 1. The Morgan fingerprint density at radius 3 is 2.36 bits per heavy atom. The number of nitrogens with two attached hydrogens (primary N) is 1. The summed E-state index contributed by atoms with van der Waals surface area (Å²) in [5.74, 6) is 0.0288. The van der Waals surface area contributed by atoms with Crippen LogP contribution in [0.4, 0.5) is 5.82 Å². The number of rotatable bonds is 9. The summed E-state index contributed by atoms with van der Waals surface area (Å²) < 4.78 is 0. The molecule has 0 spiro atoms. The molecule has 0 aliphatic carbocycles. The lowest BCUT2D eigenvalue weighted by Gasteiger charge is -2.35. The number of nitriles is 2. The molecule has 1 unspecified atom stereocenters. The number of amides is 1. The summed E-state index contributed by atoms with van der Waals surface area (Å²) in [5.41, 5.74) is 8.17. The van der Waals surface area contributed by atoms with Crippen molar-refractivity contribution in [1.82, 2.24) is 10.3 Å². The van der Waals surface area contributed by atoms with Crippen LogP contribution < -0.4 is 16.0 Å². The third-order valence-electron chi connectivity index (χ3n) is 6.31. The maximum Gasteiger partial charge on any atom is 0.235 e. The molecule has 0 bridgehead atoms. The van der Waals surface area contributed by atoms with Crippen LogP contribution in [0.15, 0.2) is 29.3 Å². The average Bonchev–Trinajstić information content (AvgIpc) is 2.85. The number of hydrogen-bond donors (Lipinski definition) is 3. The first-order chi connectivity index (χ1) is 17.1. The van der Waals surface area contributed by atoms with Gasteiger partial charge in [0.2, 0.25) is 5.91 Å². The fourth-order valence-electron chi connectivity index (χ4n) is 4.33. The van der Waals surface area contributed by atoms with Gasteiger partial charge in [-0.25, -0.2) is 4.98 Å². The van der Waals surface area contributed by atoms with Gasteiger partial charge in [-0.05, 0) is 51.2 Å². The normalized spacial score (nSPS) is 15.2. The Labute approximate surface area is 217 Å². The largest absolute Gasteiger partial charge is 0.389 e. The van der Waals surface area contributed by atoms with Gasteiger partial charge in [0.15, 0.2) is 0 Å². The first-order valence-electron chi connectivity index (χ1n) is 12.2. The predicted octanol–water partition coefficient (Wildman–Crippen LogP) is 3.34. The number of anilines is 1. The van der Waals surface area contributed by atoms with Gasteiger partial charge in [0.25, 0.3) is 0 Å². The molecule has 1 aliphatic rings. The van der Waals surface area contributed by atoms with Crippen molar-refractivity contribution in [2.24, 2.45) is 5.73 Å². The molecule has 1 fully saturated rings. The van der Waals surface area contributed by atoms with Gasteiger partial charge in [-0.15, -0.1) is 0 Å². The molecule has 1 atom stereocenters. The monoisotopic (exact) mass is 506 g/mol. The summed E-state index contributed by atoms with van der Waals surface area (Å²) in [5, 5.41) is 33.1. The molecule has 4 N–H and O–H groups in total. The Kier molecular flexibility index (Phi) is 8.97. The lowest BCUT2D eigenvalue weighted by molar-refractivity contribution is -0.117. The van der Waals surface area contributed by atoms with E-state index in [1.54, 1.807) is 13.8 Å². The summed E-state index contributed by atoms with van der Waals surface area (Å²) in [7, 11) is 0. The van der Waals surface area contributed by atoms with Gasteiger partial charge in [-0.3, -0.25) is 4.79 Å². The third kappa shape index (κ3) is 6.55. The maximum atomic E-state index is 12.4. The van der Waals surface area contributed by atoms with Gasteiger partial charge in [0, 0.05) is 25.7 Å². The number of aromatic nitrogens is 1. The van der Waals surface area contributed by atoms with Gasteiger partial charge in [0.1, 0.15) is 28.2 Å². The standard InChI is InChI=1S/C27H34N6O2S/c1-5-20-21(14-28)25(33-12-10-19(11-13-33)31-16-27(3,4)35)32-26(22(20)15-29)36-23(24(30)34)18-8-6-17(2)7-9-18/h6-9,19,23,31,35H,5,10-13,16H2,1-4H3,(H2,30,34). The van der Waals surface area contributed by atoms with Crippen molar-refractivity contribution >= 4 is 23.5 Å². The summed E-state index contributed by atoms with van der Waals surface area (Å²) in [6, 6.07) is 12.3. The number of thioether (sulfide) groups is 1. The van der Waals surface area contributed by atoms with Crippen LogP contribution in [0, 0.1) is 29.6 Å². The number of carbonyl (C=O) groups is 1. The molecular formula is C27H34N6O2S. The van der Waals surface area contributed by atoms with E-state index in [1.807, 2.05) is 38.1 Å². The van der Waals surface area contributed by atoms with Gasteiger partial charge >= 0.3 is 0 Å². The van der Waals surface area contributed by atoms with Gasteiger partial charge in [0.05, 0.1) is 16.7 Å². The Hall–Kier alpha value is -3.11. The fourth-order valence-corrected chi connectivity index (χ4v) is 5.39. The highest BCUT2D eigenvalue weighted by atomic mass is 32.2. The molecule has 1 aromatic heterocycles. The number of aryl methyl sites for hydroxylation is 1. The van der Waals surface area contributed by atoms with Crippen molar-refractivity contribution < 1.29 is 9.90 Å². The predicted molar refractivity (Wildman–Crippen MR) is 142 cm³/mol. The van der Waals surface area contributed by atoms with Crippen molar-refractivity contribution in [2.45, 2.75) is 68.9 Å². The molecular weight excluding hydrogens is 472 g/mol. The quantitative estimate of drug-likeness (QED) is 0.440. The minimum atomic E-state index is -0.781. The first-order valence-corrected chi connectivity index (χ1v) is 13.1. The number of nitrogens with one attached hydrogen (secondary N) is 1. The van der Waals surface area contributed by atoms with Crippen LogP contribution >= 0.6 is 11.8 Å². The van der Waals surface area contributed by atoms with Crippen LogP contribution in [0.25, 0.3) is 0 Å². The summed E-state index contributed by atoms with van der Waals surface area (Å²) >= 11 is 1.16. The van der Waals surface area contributed by atoms with E-state index in [1.165, 1.54) is 0 Å². The van der Waals surface area contributed by atoms with Crippen LogP contribution in [0.1, 0.15) is 66.7 Å². The molecule has 2 aromatic rings. The number of pyridine rings is 1. The maximum absolute atomic E-state index is 12.4. The summed E-state index contributed by atoms with van der Waals surface area (Å²) in [6.07, 6.45) is 2.16. The lowest BCUT2D eigenvalue weighted by Crippen LogP contribution is -2.47. The first kappa shape index (κ1) is 27.5. The van der Waals surface area contributed by atoms with Crippen molar-refractivity contribution in [2.75, 3.05) is 24.5 Å². The summed E-state index contributed by atoms with van der Waals surface area (Å²) in [6.45, 7) is 9.30. The molecule has 3 rings (SSSR count). The van der Waals surface area contributed by atoms with Crippen LogP contribution in [-0.4, -0.2) is 47.3 Å². The Balaban J connectivity index is 1.95. The second-order valence-corrected chi connectivity index (χ2v) is 10.9. The van der Waals surface area contributed by atoms with Crippen LogP contribution in [0.5, 0.6) is 0 Å². The van der Waals surface area contributed by atoms with Gasteiger partial charge < -0.3 is 21.1 Å². The highest BCUT2D eigenvalue weighted by Crippen LogP contribution is 2.40. The van der Waals surface area contributed by atoms with E-state index in [2.05, 4.69) is 22.4 Å². The number of piperidine rings is 1. The van der Waals surface area contributed by atoms with Crippen molar-refractivity contribution in [1.29, 1.82) is 10.5 Å². The molecule has 9 heteroatoms. The molecule has 36 heavy (non-hydrogen) atoms. The van der Waals surface area contributed by atoms with E-state index in [9.17, 15) is 20.4 Å². The molecule has 1 amide bonds. The average molecular weight is 507 g/mol. The zero-order valence-corrected chi connectivity index (χ0v) is 22.2. The molecule has 0 saturated carbocycles. The van der Waals surface area contributed by atoms with E-state index in [4.69, 9.17) is 10.7 Å². The van der Waals surface area contributed by atoms with E-state index < -0.39 is 16.8 Å². The fraction of sp³-hybridized carbons (Fsp3) is 0.481. The smallest absolute Gasteiger partial charge is 0.235 e. The number of aliphatic hydroxyl groups is 1. The van der Waals surface area contributed by atoms with E-state index in [0.29, 0.717) is 53.6 Å². The molecule has 0 radical (unpaired) electrons. The van der Waals surface area contributed by atoms with Crippen molar-refractivity contribution in [3.05, 3.63) is 52.1 Å². The molecule has 1 aromatic carbocycles. The van der Waals surface area contributed by atoms with Crippen LogP contribution in [-0.2, 0) is 11.2 Å². The third-order valence-corrected chi connectivity index (χ3v) is 7.57. The lowest BCUT2D eigenvalue weighted by atomic mass is 9.99. The van der Waals surface area contributed by atoms with E-state index >= 15 is 0 Å². The molecule has 8 nitrogen and oxygen atoms in total. The summed E-state index contributed by atoms with van der Waals surface area (Å²) in [4.78, 5) is 19.3. The Morgan fingerprint density at radius 2 is 1.86 bits per heavy atom. The number of benzene rings is 1. The Morgan fingerprint density at radius 1 is 1.25 bits per heavy atom. The molecule has 190 valence electrons. The molecule has 1 aliphatic heterocycles. The second kappa shape index (κ2) is 11.7. The number of carbonyl (C=O) groups excluding carboxylic acids is 1. The van der Waals surface area contributed by atoms with Gasteiger partial charge in [-0.1, -0.05) is 48.5 Å². The molecule has 2 heterocycles. The van der Waals surface area contributed by atoms with Crippen molar-refractivity contribution in [3.8, 4) is 12.1 Å². The zero-order chi connectivity index (χ0) is 26.5. The zero-order valence-electron chi connectivity index (χ0n) is 21.3. The number of hydrogen-bond acceptors (Lipinski definition) is 8. The Bertz CT molecular complexity index is 1170. The minimum Gasteiger partial charge on any atom is -0.389 e. The van der Waals surface area contributed by atoms with Gasteiger partial charge in [-0.2, -0.15) is 10.5 Å². The van der Waals surface area contributed by atoms with Crippen LogP contribution in [0.3, 0.4) is 0 Å². The van der Waals surface area contributed by atoms with Crippen LogP contribution in [0.2, 0.25) is 0 Å². The van der Waals surface area contributed by atoms with E-state index in [-0.39, 0.29) is 6.04 Å².